The van der Waals surface area contributed by atoms with Crippen LogP contribution in [0.25, 0.3) is 0 Å². The van der Waals surface area contributed by atoms with Crippen LogP contribution in [0.15, 0.2) is 47.5 Å². The van der Waals surface area contributed by atoms with Gasteiger partial charge in [-0.15, -0.1) is 24.0 Å². The first-order valence-corrected chi connectivity index (χ1v) is 9.87. The summed E-state index contributed by atoms with van der Waals surface area (Å²) in [6.45, 7) is 4.36. The standard InChI is InChI=1S/C22H27F4N3O2.HI/c1-3-30-9-10-31-15-17-6-4-5-16(11-17)13-28-21(27-2)29-14-18-7-8-19(23)12-20(18)22(24,25)26;/h4-8,11-12H,3,9-10,13-15H2,1-2H3,(H2,27,28,29);1H. The average Bonchev–Trinajstić information content (AvgIpc) is 2.74. The van der Waals surface area contributed by atoms with Gasteiger partial charge in [0.25, 0.3) is 0 Å². The molecular formula is C22H28F4IN3O2. The Morgan fingerprint density at radius 3 is 2.34 bits per heavy atom. The van der Waals surface area contributed by atoms with Gasteiger partial charge in [-0.1, -0.05) is 30.3 Å². The van der Waals surface area contributed by atoms with Gasteiger partial charge in [-0.3, -0.25) is 4.99 Å². The van der Waals surface area contributed by atoms with Crippen molar-refractivity contribution in [3.63, 3.8) is 0 Å². The first-order valence-electron chi connectivity index (χ1n) is 9.87. The summed E-state index contributed by atoms with van der Waals surface area (Å²) in [4.78, 5) is 4.03. The number of guanidine groups is 1. The van der Waals surface area contributed by atoms with Gasteiger partial charge in [-0.25, -0.2) is 4.39 Å². The zero-order chi connectivity index (χ0) is 22.7. The first kappa shape index (κ1) is 28.1. The Labute approximate surface area is 202 Å². The molecule has 0 saturated heterocycles. The lowest BCUT2D eigenvalue weighted by Crippen LogP contribution is -2.36. The molecule has 0 aliphatic heterocycles. The molecule has 0 atom stereocenters. The van der Waals surface area contributed by atoms with Gasteiger partial charge in [0.15, 0.2) is 5.96 Å². The molecule has 0 heterocycles. The molecule has 0 unspecified atom stereocenters. The lowest BCUT2D eigenvalue weighted by atomic mass is 10.1. The van der Waals surface area contributed by atoms with Gasteiger partial charge in [-0.2, -0.15) is 13.2 Å². The Bertz CT molecular complexity index is 863. The van der Waals surface area contributed by atoms with Gasteiger partial charge in [-0.05, 0) is 35.7 Å². The zero-order valence-corrected chi connectivity index (χ0v) is 20.3. The van der Waals surface area contributed by atoms with E-state index in [1.807, 2.05) is 31.2 Å². The maximum absolute atomic E-state index is 13.2. The summed E-state index contributed by atoms with van der Waals surface area (Å²) in [6, 6.07) is 10.4. The van der Waals surface area contributed by atoms with Crippen molar-refractivity contribution in [2.75, 3.05) is 26.9 Å². The number of nitrogens with zero attached hydrogens (tertiary/aromatic N) is 1. The van der Waals surface area contributed by atoms with Gasteiger partial charge in [0, 0.05) is 26.7 Å². The van der Waals surface area contributed by atoms with E-state index in [9.17, 15) is 17.6 Å². The van der Waals surface area contributed by atoms with Crippen molar-refractivity contribution in [3.05, 3.63) is 70.5 Å². The van der Waals surface area contributed by atoms with Crippen LogP contribution in [-0.4, -0.2) is 32.8 Å². The van der Waals surface area contributed by atoms with Crippen LogP contribution in [0.3, 0.4) is 0 Å². The number of alkyl halides is 3. The van der Waals surface area contributed by atoms with Crippen molar-refractivity contribution >= 4 is 29.9 Å². The number of ether oxygens (including phenoxy) is 2. The molecule has 10 heteroatoms. The minimum absolute atomic E-state index is 0. The van der Waals surface area contributed by atoms with Gasteiger partial charge in [0.2, 0.25) is 0 Å². The summed E-state index contributed by atoms with van der Waals surface area (Å²) in [5.41, 5.74) is 0.891. The summed E-state index contributed by atoms with van der Waals surface area (Å²) in [7, 11) is 1.52. The summed E-state index contributed by atoms with van der Waals surface area (Å²) >= 11 is 0. The third-order valence-electron chi connectivity index (χ3n) is 4.34. The molecule has 0 bridgehead atoms. The van der Waals surface area contributed by atoms with Crippen molar-refractivity contribution < 1.29 is 27.0 Å². The van der Waals surface area contributed by atoms with Crippen molar-refractivity contribution in [2.45, 2.75) is 32.8 Å². The molecule has 0 amide bonds. The van der Waals surface area contributed by atoms with E-state index in [0.29, 0.717) is 45.0 Å². The molecule has 0 spiro atoms. The smallest absolute Gasteiger partial charge is 0.379 e. The van der Waals surface area contributed by atoms with Crippen LogP contribution in [0.4, 0.5) is 17.6 Å². The number of rotatable bonds is 10. The number of aliphatic imine (C=N–C) groups is 1. The number of benzene rings is 2. The van der Waals surface area contributed by atoms with E-state index < -0.39 is 17.6 Å². The maximum atomic E-state index is 13.2. The van der Waals surface area contributed by atoms with Gasteiger partial charge < -0.3 is 20.1 Å². The molecule has 0 saturated carbocycles. The Kier molecular flexibility index (Phi) is 12.5. The third kappa shape index (κ3) is 9.70. The highest BCUT2D eigenvalue weighted by Gasteiger charge is 2.33. The lowest BCUT2D eigenvalue weighted by Gasteiger charge is -2.16. The molecule has 0 fully saturated rings. The fourth-order valence-electron chi connectivity index (χ4n) is 2.83. The largest absolute Gasteiger partial charge is 0.416 e. The first-order chi connectivity index (χ1) is 14.8. The van der Waals surface area contributed by atoms with Crippen molar-refractivity contribution in [3.8, 4) is 0 Å². The summed E-state index contributed by atoms with van der Waals surface area (Å²) in [5.74, 6) is -0.601. The van der Waals surface area contributed by atoms with E-state index in [0.717, 1.165) is 23.3 Å². The van der Waals surface area contributed by atoms with E-state index in [4.69, 9.17) is 9.47 Å². The molecule has 32 heavy (non-hydrogen) atoms. The highest BCUT2D eigenvalue weighted by Crippen LogP contribution is 2.32. The van der Waals surface area contributed by atoms with Crippen LogP contribution in [0.1, 0.15) is 29.2 Å². The second kappa shape index (κ2) is 14.3. The average molecular weight is 569 g/mol. The molecule has 0 aliphatic carbocycles. The molecule has 2 rings (SSSR count). The fourth-order valence-corrected chi connectivity index (χ4v) is 2.83. The topological polar surface area (TPSA) is 54.9 Å². The second-order valence-electron chi connectivity index (χ2n) is 6.65. The van der Waals surface area contributed by atoms with Crippen molar-refractivity contribution in [1.29, 1.82) is 0 Å². The predicted molar refractivity (Wildman–Crippen MR) is 126 cm³/mol. The molecule has 0 aromatic heterocycles. The molecule has 2 aromatic carbocycles. The minimum Gasteiger partial charge on any atom is -0.379 e. The number of nitrogens with one attached hydrogen (secondary N) is 2. The van der Waals surface area contributed by atoms with E-state index in [2.05, 4.69) is 15.6 Å². The fraction of sp³-hybridized carbons (Fsp3) is 0.409. The predicted octanol–water partition coefficient (Wildman–Crippen LogP) is 4.88. The molecule has 178 valence electrons. The van der Waals surface area contributed by atoms with Crippen LogP contribution in [0.2, 0.25) is 0 Å². The summed E-state index contributed by atoms with van der Waals surface area (Å²) in [6.07, 6.45) is -4.64. The van der Waals surface area contributed by atoms with Crippen LogP contribution in [-0.2, 0) is 35.3 Å². The molecule has 0 radical (unpaired) electrons. The molecule has 0 aliphatic rings. The van der Waals surface area contributed by atoms with Crippen molar-refractivity contribution in [2.24, 2.45) is 4.99 Å². The zero-order valence-electron chi connectivity index (χ0n) is 18.0. The van der Waals surface area contributed by atoms with Crippen molar-refractivity contribution in [1.82, 2.24) is 10.6 Å². The normalized spacial score (nSPS) is 11.8. The molecule has 2 N–H and O–H groups in total. The molecule has 5 nitrogen and oxygen atoms in total. The SMILES string of the molecule is CCOCCOCc1cccc(CNC(=NC)NCc2ccc(F)cc2C(F)(F)F)c1.I. The Hall–Kier alpha value is -1.92. The van der Waals surface area contributed by atoms with Crippen LogP contribution < -0.4 is 10.6 Å². The van der Waals surface area contributed by atoms with E-state index in [1.165, 1.54) is 7.05 Å². The highest BCUT2D eigenvalue weighted by atomic mass is 127. The Morgan fingerprint density at radius 2 is 1.66 bits per heavy atom. The van der Waals surface area contributed by atoms with Crippen LogP contribution in [0, 0.1) is 5.82 Å². The van der Waals surface area contributed by atoms with Gasteiger partial charge in [0.05, 0.1) is 25.4 Å². The number of hydrogen-bond acceptors (Lipinski definition) is 3. The molecular weight excluding hydrogens is 541 g/mol. The van der Waals surface area contributed by atoms with Gasteiger partial charge >= 0.3 is 6.18 Å². The summed E-state index contributed by atoms with van der Waals surface area (Å²) < 4.78 is 63.4. The maximum Gasteiger partial charge on any atom is 0.416 e. The Balaban J connectivity index is 0.00000512. The van der Waals surface area contributed by atoms with Gasteiger partial charge in [0.1, 0.15) is 5.82 Å². The number of halogens is 5. The third-order valence-corrected chi connectivity index (χ3v) is 4.34. The highest BCUT2D eigenvalue weighted by molar-refractivity contribution is 14.0. The second-order valence-corrected chi connectivity index (χ2v) is 6.65. The monoisotopic (exact) mass is 569 g/mol. The lowest BCUT2D eigenvalue weighted by molar-refractivity contribution is -0.138. The van der Waals surface area contributed by atoms with Crippen LogP contribution in [0.5, 0.6) is 0 Å². The Morgan fingerprint density at radius 1 is 0.969 bits per heavy atom. The number of hydrogen-bond donors (Lipinski definition) is 2. The van der Waals surface area contributed by atoms with E-state index in [1.54, 1.807) is 0 Å². The quantitative estimate of drug-likeness (QED) is 0.141. The van der Waals surface area contributed by atoms with E-state index in [-0.39, 0.29) is 36.1 Å². The summed E-state index contributed by atoms with van der Waals surface area (Å²) in [5, 5.41) is 5.89. The van der Waals surface area contributed by atoms with Crippen LogP contribution >= 0.6 is 24.0 Å². The molecule has 2 aromatic rings. The van der Waals surface area contributed by atoms with E-state index >= 15 is 0 Å². The minimum atomic E-state index is -4.64.